The summed E-state index contributed by atoms with van der Waals surface area (Å²) in [6.07, 6.45) is 0. The van der Waals surface area contributed by atoms with Crippen LogP contribution >= 0.6 is 12.2 Å². The van der Waals surface area contributed by atoms with E-state index in [1.165, 1.54) is 6.92 Å². The fraction of sp³-hybridized carbons (Fsp3) is 0.200. The average molecular weight is 160 g/mol. The first kappa shape index (κ1) is 7.14. The Bertz CT molecular complexity index is 353. The molecule has 10 heavy (non-hydrogen) atoms. The van der Waals surface area contributed by atoms with E-state index in [2.05, 4.69) is 22.2 Å². The van der Waals surface area contributed by atoms with Gasteiger partial charge in [0.05, 0.1) is 5.69 Å². The first-order valence-electron chi connectivity index (χ1n) is 2.60. The van der Waals surface area contributed by atoms with Gasteiger partial charge in [-0.1, -0.05) is 12.2 Å². The Kier molecular flexibility index (Phi) is 1.67. The number of hydrogen-bond acceptors (Lipinski definition) is 2. The molecule has 0 fully saturated rings. The molecule has 0 spiro atoms. The molecular weight excluding hydrogens is 155 g/mol. The minimum atomic E-state index is -0.574. The summed E-state index contributed by atoms with van der Waals surface area (Å²) in [7, 11) is 0. The first-order valence-corrected chi connectivity index (χ1v) is 3.01. The van der Waals surface area contributed by atoms with Crippen molar-refractivity contribution in [3.05, 3.63) is 26.6 Å². The highest BCUT2D eigenvalue weighted by Gasteiger charge is 1.98. The third-order valence-electron chi connectivity index (χ3n) is 1.06. The van der Waals surface area contributed by atoms with Crippen LogP contribution in [0.1, 0.15) is 5.69 Å². The lowest BCUT2D eigenvalue weighted by atomic mass is 10.4. The summed E-state index contributed by atoms with van der Waals surface area (Å²) in [6.45, 7) is 1.44. The molecule has 0 aliphatic carbocycles. The molecule has 1 aromatic rings. The Labute approximate surface area is 60.9 Å². The van der Waals surface area contributed by atoms with E-state index in [1.54, 1.807) is 0 Å². The summed E-state index contributed by atoms with van der Waals surface area (Å²) in [5.74, 6) is -0.574. The predicted molar refractivity (Wildman–Crippen MR) is 36.9 cm³/mol. The van der Waals surface area contributed by atoms with Crippen LogP contribution in [0.2, 0.25) is 0 Å². The van der Waals surface area contributed by atoms with Gasteiger partial charge in [-0.15, -0.1) is 0 Å². The van der Waals surface area contributed by atoms with Gasteiger partial charge in [0, 0.05) is 0 Å². The van der Waals surface area contributed by atoms with E-state index < -0.39 is 11.5 Å². The fourth-order valence-corrected chi connectivity index (χ4v) is 0.830. The average Bonchev–Trinajstić information content (AvgIpc) is 1.82. The van der Waals surface area contributed by atoms with Gasteiger partial charge in [0.25, 0.3) is 0 Å². The van der Waals surface area contributed by atoms with Gasteiger partial charge in [-0.25, -0.2) is 9.18 Å². The SMILES string of the molecule is Cc1[nH]c(=O)[nH]c(=S)c1F. The van der Waals surface area contributed by atoms with Crippen molar-refractivity contribution in [3.8, 4) is 0 Å². The normalized spacial score (nSPS) is 9.80. The predicted octanol–water partition coefficient (Wildman–Crippen LogP) is 0.880. The van der Waals surface area contributed by atoms with E-state index in [1.807, 2.05) is 0 Å². The number of halogens is 1. The lowest BCUT2D eigenvalue weighted by molar-refractivity contribution is 0.593. The molecule has 2 N–H and O–H groups in total. The van der Waals surface area contributed by atoms with Crippen molar-refractivity contribution < 1.29 is 4.39 Å². The molecule has 1 rings (SSSR count). The second-order valence-corrected chi connectivity index (χ2v) is 2.26. The quantitative estimate of drug-likeness (QED) is 0.553. The van der Waals surface area contributed by atoms with Crippen LogP contribution in [0.25, 0.3) is 0 Å². The van der Waals surface area contributed by atoms with Crippen molar-refractivity contribution >= 4 is 12.2 Å². The highest BCUT2D eigenvalue weighted by atomic mass is 32.1. The molecule has 0 radical (unpaired) electrons. The van der Waals surface area contributed by atoms with Crippen LogP contribution in [-0.4, -0.2) is 9.97 Å². The van der Waals surface area contributed by atoms with E-state index in [0.717, 1.165) is 0 Å². The molecule has 1 heterocycles. The van der Waals surface area contributed by atoms with Crippen molar-refractivity contribution in [2.75, 3.05) is 0 Å². The number of aromatic amines is 2. The van der Waals surface area contributed by atoms with Crippen LogP contribution in [-0.2, 0) is 0 Å². The number of rotatable bonds is 0. The van der Waals surface area contributed by atoms with Gasteiger partial charge in [-0.05, 0) is 6.92 Å². The van der Waals surface area contributed by atoms with Crippen LogP contribution in [0.15, 0.2) is 4.79 Å². The summed E-state index contributed by atoms with van der Waals surface area (Å²) < 4.78 is 12.5. The molecule has 54 valence electrons. The smallest absolute Gasteiger partial charge is 0.309 e. The van der Waals surface area contributed by atoms with E-state index in [4.69, 9.17) is 0 Å². The topological polar surface area (TPSA) is 48.6 Å². The summed E-state index contributed by atoms with van der Waals surface area (Å²) in [4.78, 5) is 14.9. The molecule has 0 atom stereocenters. The zero-order chi connectivity index (χ0) is 7.72. The van der Waals surface area contributed by atoms with Crippen molar-refractivity contribution in [1.82, 2.24) is 9.97 Å². The van der Waals surface area contributed by atoms with Crippen molar-refractivity contribution in [3.63, 3.8) is 0 Å². The molecule has 0 aliphatic heterocycles. The van der Waals surface area contributed by atoms with Gasteiger partial charge >= 0.3 is 5.69 Å². The third kappa shape index (κ3) is 1.13. The second kappa shape index (κ2) is 2.34. The van der Waals surface area contributed by atoms with Crippen molar-refractivity contribution in [1.29, 1.82) is 0 Å². The number of nitrogens with one attached hydrogen (secondary N) is 2. The van der Waals surface area contributed by atoms with Gasteiger partial charge in [-0.2, -0.15) is 0 Å². The van der Waals surface area contributed by atoms with Gasteiger partial charge in [0.2, 0.25) is 0 Å². The minimum Gasteiger partial charge on any atom is -0.309 e. The Morgan fingerprint density at radius 3 is 2.60 bits per heavy atom. The lowest BCUT2D eigenvalue weighted by Gasteiger charge is -1.92. The highest BCUT2D eigenvalue weighted by Crippen LogP contribution is 1.97. The second-order valence-electron chi connectivity index (χ2n) is 1.85. The first-order chi connectivity index (χ1) is 4.61. The molecule has 0 amide bonds. The minimum absolute atomic E-state index is 0.152. The van der Waals surface area contributed by atoms with Gasteiger partial charge in [0.15, 0.2) is 5.82 Å². The Hall–Kier alpha value is -0.970. The number of aryl methyl sites for hydroxylation is 1. The molecule has 3 nitrogen and oxygen atoms in total. The largest absolute Gasteiger partial charge is 0.324 e. The maximum Gasteiger partial charge on any atom is 0.324 e. The molecule has 1 aromatic heterocycles. The fourth-order valence-electron chi connectivity index (χ4n) is 0.585. The Morgan fingerprint density at radius 2 is 2.10 bits per heavy atom. The highest BCUT2D eigenvalue weighted by molar-refractivity contribution is 7.71. The van der Waals surface area contributed by atoms with Gasteiger partial charge < -0.3 is 4.98 Å². The van der Waals surface area contributed by atoms with Crippen molar-refractivity contribution in [2.24, 2.45) is 0 Å². The van der Waals surface area contributed by atoms with Gasteiger partial charge in [0.1, 0.15) is 4.64 Å². The number of aromatic nitrogens is 2. The Balaban J connectivity index is 3.62. The van der Waals surface area contributed by atoms with Crippen LogP contribution in [0.4, 0.5) is 4.39 Å². The summed E-state index contributed by atoms with van der Waals surface area (Å²) in [5.41, 5.74) is -0.322. The summed E-state index contributed by atoms with van der Waals surface area (Å²) >= 11 is 4.48. The van der Waals surface area contributed by atoms with E-state index in [0.29, 0.717) is 0 Å². The molecule has 5 heteroatoms. The maximum atomic E-state index is 12.6. The molecule has 0 aliphatic rings. The molecule has 0 bridgehead atoms. The Morgan fingerprint density at radius 1 is 1.50 bits per heavy atom. The van der Waals surface area contributed by atoms with Crippen molar-refractivity contribution in [2.45, 2.75) is 6.92 Å². The number of H-pyrrole nitrogens is 2. The summed E-state index contributed by atoms with van der Waals surface area (Å²) in [6, 6.07) is 0. The van der Waals surface area contributed by atoms with Crippen LogP contribution < -0.4 is 5.69 Å². The third-order valence-corrected chi connectivity index (χ3v) is 1.34. The van der Waals surface area contributed by atoms with E-state index >= 15 is 0 Å². The molecule has 0 saturated carbocycles. The van der Waals surface area contributed by atoms with Crippen LogP contribution in [0.3, 0.4) is 0 Å². The van der Waals surface area contributed by atoms with Crippen LogP contribution in [0.5, 0.6) is 0 Å². The monoisotopic (exact) mass is 160 g/mol. The van der Waals surface area contributed by atoms with Crippen LogP contribution in [0, 0.1) is 17.4 Å². The summed E-state index contributed by atoms with van der Waals surface area (Å²) in [5, 5.41) is 0. The lowest BCUT2D eigenvalue weighted by Crippen LogP contribution is -2.13. The molecular formula is C5H5FN2OS. The zero-order valence-corrected chi connectivity index (χ0v) is 6.01. The van der Waals surface area contributed by atoms with E-state index in [9.17, 15) is 9.18 Å². The zero-order valence-electron chi connectivity index (χ0n) is 5.19. The maximum absolute atomic E-state index is 12.6. The van der Waals surface area contributed by atoms with Gasteiger partial charge in [-0.3, -0.25) is 4.98 Å². The number of hydrogen-bond donors (Lipinski definition) is 2. The van der Waals surface area contributed by atoms with E-state index in [-0.39, 0.29) is 10.3 Å². The molecule has 0 aromatic carbocycles. The standard InChI is InChI=1S/C5H5FN2OS/c1-2-3(6)4(10)8-5(9)7-2/h1H3,(H2,7,8,9,10). The molecule has 0 unspecified atom stereocenters. The molecule has 0 saturated heterocycles.